The highest BCUT2D eigenvalue weighted by atomic mass is 19.4. The van der Waals surface area contributed by atoms with E-state index in [1.165, 1.54) is 13.8 Å². The first-order valence-corrected chi connectivity index (χ1v) is 10.1. The van der Waals surface area contributed by atoms with Gasteiger partial charge in [-0.15, -0.1) is 0 Å². The summed E-state index contributed by atoms with van der Waals surface area (Å²) in [6.07, 6.45) is -4.89. The van der Waals surface area contributed by atoms with Crippen molar-refractivity contribution < 1.29 is 70.2 Å². The maximum Gasteiger partial charge on any atom is 0.385 e. The Balaban J connectivity index is 6.49. The van der Waals surface area contributed by atoms with E-state index < -0.39 is 72.7 Å². The summed E-state index contributed by atoms with van der Waals surface area (Å²) in [7, 11) is 0. The molecule has 0 spiro atoms. The predicted molar refractivity (Wildman–Crippen MR) is 92.4 cm³/mol. The number of unbranched alkanes of at least 4 members (excludes halogenated alkanes) is 4. The summed E-state index contributed by atoms with van der Waals surface area (Å²) in [5.41, 5.74) is 0. The highest BCUT2D eigenvalue weighted by Crippen LogP contribution is 2.64. The van der Waals surface area contributed by atoms with Gasteiger partial charge in [-0.05, 0) is 18.9 Å². The largest absolute Gasteiger partial charge is 0.385 e. The third kappa shape index (κ3) is 5.49. The Morgan fingerprint density at radius 1 is 0.457 bits per heavy atom. The van der Waals surface area contributed by atoms with E-state index in [4.69, 9.17) is 0 Å². The Hall–Kier alpha value is -1.38. The first-order chi connectivity index (χ1) is 15.4. The minimum atomic E-state index is -8.36. The van der Waals surface area contributed by atoms with Crippen LogP contribution in [0.15, 0.2) is 12.2 Å². The van der Waals surface area contributed by atoms with Crippen molar-refractivity contribution in [2.45, 2.75) is 106 Å². The molecule has 0 aromatic heterocycles. The lowest BCUT2D eigenvalue weighted by molar-refractivity contribution is -0.451. The van der Waals surface area contributed by atoms with E-state index in [1.54, 1.807) is 0 Å². The van der Waals surface area contributed by atoms with Crippen molar-refractivity contribution in [1.29, 1.82) is 0 Å². The number of alkyl halides is 16. The van der Waals surface area contributed by atoms with E-state index in [0.29, 0.717) is 6.42 Å². The standard InChI is InChI=1S/C19H22F16/c1-3-5-7-9-11-13(22,23)15(26,27)17(30,31)19(34,35)18(32,33)16(28,29)14(24,25)12(20,21)10-8-6-4-2/h8,10H,3-7,9,11H2,1-2H3. The molecule has 35 heavy (non-hydrogen) atoms. The molecule has 0 aromatic carbocycles. The van der Waals surface area contributed by atoms with Gasteiger partial charge < -0.3 is 0 Å². The Kier molecular flexibility index (Phi) is 10.1. The molecular formula is C19H22F16. The van der Waals surface area contributed by atoms with Crippen LogP contribution in [-0.4, -0.2) is 47.4 Å². The van der Waals surface area contributed by atoms with Crippen LogP contribution >= 0.6 is 0 Å². The molecule has 0 N–H and O–H groups in total. The Labute approximate surface area is 189 Å². The average molecular weight is 554 g/mol. The fourth-order valence-corrected chi connectivity index (χ4v) is 2.66. The Bertz CT molecular complexity index is 708. The van der Waals surface area contributed by atoms with E-state index in [-0.39, 0.29) is 25.3 Å². The van der Waals surface area contributed by atoms with Crippen LogP contribution in [0.1, 0.15) is 58.8 Å². The summed E-state index contributed by atoms with van der Waals surface area (Å²) >= 11 is 0. The Morgan fingerprint density at radius 3 is 1.26 bits per heavy atom. The lowest BCUT2D eigenvalue weighted by Gasteiger charge is -2.43. The zero-order chi connectivity index (χ0) is 28.4. The van der Waals surface area contributed by atoms with Crippen molar-refractivity contribution in [1.82, 2.24) is 0 Å². The lowest BCUT2D eigenvalue weighted by Crippen LogP contribution is -2.74. The first kappa shape index (κ1) is 33.6. The van der Waals surface area contributed by atoms with Crippen LogP contribution in [0, 0.1) is 0 Å². The third-order valence-corrected chi connectivity index (χ3v) is 4.98. The monoisotopic (exact) mass is 554 g/mol. The maximum absolute atomic E-state index is 13.8. The van der Waals surface area contributed by atoms with E-state index in [0.717, 1.165) is 0 Å². The van der Waals surface area contributed by atoms with Crippen molar-refractivity contribution in [3.8, 4) is 0 Å². The van der Waals surface area contributed by atoms with Crippen molar-refractivity contribution >= 4 is 0 Å². The second-order valence-corrected chi connectivity index (χ2v) is 7.78. The molecule has 0 rings (SSSR count). The lowest BCUT2D eigenvalue weighted by atomic mass is 9.86. The molecule has 0 atom stereocenters. The second kappa shape index (κ2) is 10.5. The molecule has 16 heteroatoms. The topological polar surface area (TPSA) is 0 Å². The number of allylic oxidation sites excluding steroid dienone is 2. The van der Waals surface area contributed by atoms with Gasteiger partial charge in [0, 0.05) is 6.42 Å². The van der Waals surface area contributed by atoms with Gasteiger partial charge in [-0.25, -0.2) is 0 Å². The van der Waals surface area contributed by atoms with Gasteiger partial charge in [-0.2, -0.15) is 70.2 Å². The highest BCUT2D eigenvalue weighted by molar-refractivity contribution is 5.18. The van der Waals surface area contributed by atoms with Crippen molar-refractivity contribution in [2.75, 3.05) is 0 Å². The SMILES string of the molecule is CCCC=CC(F)(F)C(F)(F)C(F)(F)C(F)(F)C(F)(F)C(F)(F)C(F)(F)C(F)(F)CCCCCC. The van der Waals surface area contributed by atoms with E-state index in [1.807, 2.05) is 0 Å². The molecule has 210 valence electrons. The fraction of sp³-hybridized carbons (Fsp3) is 0.895. The van der Waals surface area contributed by atoms with E-state index in [9.17, 15) is 70.2 Å². The van der Waals surface area contributed by atoms with Crippen LogP contribution < -0.4 is 0 Å². The molecule has 0 aliphatic rings. The van der Waals surface area contributed by atoms with E-state index >= 15 is 0 Å². The molecule has 0 radical (unpaired) electrons. The molecule has 0 bridgehead atoms. The van der Waals surface area contributed by atoms with Crippen molar-refractivity contribution in [2.24, 2.45) is 0 Å². The predicted octanol–water partition coefficient (Wildman–Crippen LogP) is 9.40. The van der Waals surface area contributed by atoms with Crippen LogP contribution in [0.25, 0.3) is 0 Å². The maximum atomic E-state index is 13.8. The van der Waals surface area contributed by atoms with Crippen LogP contribution in [0.4, 0.5) is 70.2 Å². The number of halogens is 16. The molecular weight excluding hydrogens is 532 g/mol. The van der Waals surface area contributed by atoms with Gasteiger partial charge in [-0.1, -0.05) is 45.6 Å². The van der Waals surface area contributed by atoms with Crippen LogP contribution in [-0.2, 0) is 0 Å². The molecule has 0 amide bonds. The van der Waals surface area contributed by atoms with Crippen LogP contribution in [0.5, 0.6) is 0 Å². The average Bonchev–Trinajstić information content (AvgIpc) is 2.70. The smallest absolute Gasteiger partial charge is 0.200 e. The first-order valence-electron chi connectivity index (χ1n) is 10.1. The van der Waals surface area contributed by atoms with Gasteiger partial charge in [0.15, 0.2) is 0 Å². The summed E-state index contributed by atoms with van der Waals surface area (Å²) in [5, 5.41) is 0. The fourth-order valence-electron chi connectivity index (χ4n) is 2.66. The summed E-state index contributed by atoms with van der Waals surface area (Å²) in [6.45, 7) is 2.74. The minimum Gasteiger partial charge on any atom is -0.200 e. The minimum absolute atomic E-state index is 0.0577. The third-order valence-electron chi connectivity index (χ3n) is 4.98. The molecule has 0 aromatic rings. The number of hydrogen-bond acceptors (Lipinski definition) is 0. The number of rotatable bonds is 15. The van der Waals surface area contributed by atoms with Gasteiger partial charge in [0.25, 0.3) is 0 Å². The second-order valence-electron chi connectivity index (χ2n) is 7.78. The molecule has 0 saturated carbocycles. The molecule has 0 aliphatic carbocycles. The molecule has 0 nitrogen and oxygen atoms in total. The van der Waals surface area contributed by atoms with Gasteiger partial charge in [0.05, 0.1) is 0 Å². The molecule has 0 unspecified atom stereocenters. The zero-order valence-electron chi connectivity index (χ0n) is 18.2. The van der Waals surface area contributed by atoms with E-state index in [2.05, 4.69) is 0 Å². The summed E-state index contributed by atoms with van der Waals surface area (Å²) < 4.78 is 219. The quantitative estimate of drug-likeness (QED) is 0.108. The van der Waals surface area contributed by atoms with Crippen LogP contribution in [0.3, 0.4) is 0 Å². The van der Waals surface area contributed by atoms with Gasteiger partial charge in [-0.3, -0.25) is 0 Å². The normalized spacial score (nSPS) is 15.8. The summed E-state index contributed by atoms with van der Waals surface area (Å²) in [4.78, 5) is 0. The summed E-state index contributed by atoms with van der Waals surface area (Å²) in [5.74, 6) is -60.5. The molecule has 0 fully saturated rings. The van der Waals surface area contributed by atoms with Crippen molar-refractivity contribution in [3.05, 3.63) is 12.2 Å². The highest BCUT2D eigenvalue weighted by Gasteiger charge is 2.94. The molecule has 0 aliphatic heterocycles. The van der Waals surface area contributed by atoms with Crippen LogP contribution in [0.2, 0.25) is 0 Å². The summed E-state index contributed by atoms with van der Waals surface area (Å²) in [6, 6.07) is 0. The molecule has 0 saturated heterocycles. The van der Waals surface area contributed by atoms with Gasteiger partial charge in [0.2, 0.25) is 0 Å². The number of hydrogen-bond donors (Lipinski definition) is 0. The Morgan fingerprint density at radius 2 is 0.857 bits per heavy atom. The van der Waals surface area contributed by atoms with Gasteiger partial charge >= 0.3 is 47.4 Å². The molecule has 0 heterocycles. The van der Waals surface area contributed by atoms with Gasteiger partial charge in [0.1, 0.15) is 0 Å². The van der Waals surface area contributed by atoms with Crippen molar-refractivity contribution in [3.63, 3.8) is 0 Å². The zero-order valence-corrected chi connectivity index (χ0v) is 18.2.